The van der Waals surface area contributed by atoms with Crippen LogP contribution >= 0.6 is 12.4 Å². The summed E-state index contributed by atoms with van der Waals surface area (Å²) in [6.45, 7) is 5.73. The second-order valence-corrected chi connectivity index (χ2v) is 6.38. The van der Waals surface area contributed by atoms with Gasteiger partial charge in [-0.2, -0.15) is 0 Å². The van der Waals surface area contributed by atoms with E-state index in [2.05, 4.69) is 5.32 Å². The molecular weight excluding hydrogens is 380 g/mol. The van der Waals surface area contributed by atoms with Gasteiger partial charge in [0, 0.05) is 17.0 Å². The highest BCUT2D eigenvalue weighted by Gasteiger charge is 2.18. The summed E-state index contributed by atoms with van der Waals surface area (Å²) in [5, 5.41) is 10.6. The second kappa shape index (κ2) is 8.69. The summed E-state index contributed by atoms with van der Waals surface area (Å²) in [5.74, 6) is -0.964. The summed E-state index contributed by atoms with van der Waals surface area (Å²) in [5.41, 5.74) is 8.94. The maximum Gasteiger partial charge on any atom is 0.263 e. The van der Waals surface area contributed by atoms with Crippen LogP contribution < -0.4 is 16.6 Å². The number of nitrogens with zero attached hydrogens (tertiary/aromatic N) is 1. The molecule has 1 aromatic heterocycles. The van der Waals surface area contributed by atoms with Gasteiger partial charge >= 0.3 is 0 Å². The number of nitrogens with one attached hydrogen (secondary N) is 2. The van der Waals surface area contributed by atoms with Crippen molar-refractivity contribution < 1.29 is 10.3 Å². The molecule has 1 heterocycles. The van der Waals surface area contributed by atoms with Crippen molar-refractivity contribution in [1.82, 2.24) is 9.88 Å². The molecule has 3 rings (SSSR count). The third kappa shape index (κ3) is 4.05. The Morgan fingerprint density at radius 2 is 1.68 bits per heavy atom. The first-order valence-corrected chi connectivity index (χ1v) is 8.17. The lowest BCUT2D eigenvalue weighted by atomic mass is 10.0. The van der Waals surface area contributed by atoms with E-state index in [1.807, 2.05) is 45.0 Å². The van der Waals surface area contributed by atoms with E-state index >= 15 is 0 Å². The molecule has 8 heteroatoms. The number of aromatic nitrogens is 1. The van der Waals surface area contributed by atoms with Gasteiger partial charge in [0.2, 0.25) is 0 Å². The van der Waals surface area contributed by atoms with Crippen LogP contribution in [0.25, 0.3) is 16.5 Å². The Morgan fingerprint density at radius 3 is 2.25 bits per heavy atom. The van der Waals surface area contributed by atoms with Crippen molar-refractivity contribution in [3.63, 3.8) is 0 Å². The topological polar surface area (TPSA) is 132 Å². The molecule has 0 bridgehead atoms. The fourth-order valence-corrected chi connectivity index (χ4v) is 3.18. The first-order valence-electron chi connectivity index (χ1n) is 8.17. The highest BCUT2D eigenvalue weighted by molar-refractivity contribution is 6.12. The van der Waals surface area contributed by atoms with Crippen molar-refractivity contribution in [1.29, 1.82) is 5.41 Å². The minimum Gasteiger partial charge on any atom is -0.412 e. The summed E-state index contributed by atoms with van der Waals surface area (Å²) in [6, 6.07) is 11.1. The van der Waals surface area contributed by atoms with Gasteiger partial charge in [0.1, 0.15) is 0 Å². The largest absolute Gasteiger partial charge is 0.412 e. The van der Waals surface area contributed by atoms with Gasteiger partial charge in [0.05, 0.1) is 11.3 Å². The number of pyridine rings is 1. The summed E-state index contributed by atoms with van der Waals surface area (Å²) >= 11 is 0. The summed E-state index contributed by atoms with van der Waals surface area (Å²) in [4.78, 5) is 25.7. The number of carbonyl (C=O) groups is 1. The van der Waals surface area contributed by atoms with Crippen LogP contribution in [0.2, 0.25) is 0 Å². The standard InChI is InChI=1S/C20H20N4O2.ClH.H2O/c1-11-7-8-14-15(9-11)16(18(25)23-20(21)22)10-24(19(14)26)17-12(2)5-4-6-13(17)3;;/h4-10H,1-3H3,(H4,21,22,23,25);1H;1H2. The number of halogens is 1. The normalized spacial score (nSPS) is 9.96. The maximum absolute atomic E-state index is 13.1. The van der Waals surface area contributed by atoms with Gasteiger partial charge in [0.25, 0.3) is 11.5 Å². The molecule has 0 aliphatic carbocycles. The van der Waals surface area contributed by atoms with E-state index < -0.39 is 11.9 Å². The molecule has 28 heavy (non-hydrogen) atoms. The molecule has 0 radical (unpaired) electrons. The molecule has 0 atom stereocenters. The lowest BCUT2D eigenvalue weighted by Gasteiger charge is -2.16. The van der Waals surface area contributed by atoms with Crippen LogP contribution in [-0.4, -0.2) is 21.9 Å². The lowest BCUT2D eigenvalue weighted by molar-refractivity contribution is 0.0977. The van der Waals surface area contributed by atoms with E-state index in [9.17, 15) is 9.59 Å². The Hall–Kier alpha value is -3.16. The van der Waals surface area contributed by atoms with Gasteiger partial charge in [-0.15, -0.1) is 12.4 Å². The highest BCUT2D eigenvalue weighted by atomic mass is 35.5. The molecule has 0 aliphatic heterocycles. The van der Waals surface area contributed by atoms with Crippen molar-refractivity contribution in [3.8, 4) is 5.69 Å². The molecule has 2 aromatic carbocycles. The predicted octanol–water partition coefficient (Wildman–Crippen LogP) is 2.14. The highest BCUT2D eigenvalue weighted by Crippen LogP contribution is 2.22. The summed E-state index contributed by atoms with van der Waals surface area (Å²) in [7, 11) is 0. The second-order valence-electron chi connectivity index (χ2n) is 6.38. The average Bonchev–Trinajstić information content (AvgIpc) is 2.55. The molecule has 0 aliphatic rings. The van der Waals surface area contributed by atoms with Crippen LogP contribution in [0.1, 0.15) is 27.0 Å². The number of benzene rings is 2. The van der Waals surface area contributed by atoms with Gasteiger partial charge in [-0.25, -0.2) is 0 Å². The molecule has 0 unspecified atom stereocenters. The van der Waals surface area contributed by atoms with Crippen molar-refractivity contribution in [2.45, 2.75) is 20.8 Å². The molecule has 0 fully saturated rings. The number of amides is 1. The number of aryl methyl sites for hydroxylation is 3. The first kappa shape index (κ1) is 22.9. The van der Waals surface area contributed by atoms with Crippen LogP contribution in [0, 0.1) is 26.2 Å². The summed E-state index contributed by atoms with van der Waals surface area (Å²) < 4.78 is 1.50. The van der Waals surface area contributed by atoms with E-state index in [0.717, 1.165) is 22.4 Å². The Labute approximate surface area is 168 Å². The number of carbonyl (C=O) groups excluding carboxylic acids is 1. The van der Waals surface area contributed by atoms with E-state index in [1.165, 1.54) is 10.8 Å². The number of hydrogen-bond acceptors (Lipinski definition) is 3. The van der Waals surface area contributed by atoms with E-state index in [0.29, 0.717) is 16.3 Å². The SMILES string of the molecule is Cc1ccc2c(=O)n(-c3c(C)cccc3C)cc(C(=O)NC(=N)N)c2c1.Cl.O. The Balaban J connectivity index is 0.00000196. The van der Waals surface area contributed by atoms with Crippen LogP contribution in [0.4, 0.5) is 0 Å². The zero-order valence-electron chi connectivity index (χ0n) is 15.8. The molecule has 0 saturated heterocycles. The van der Waals surface area contributed by atoms with Crippen LogP contribution in [0.3, 0.4) is 0 Å². The number of fused-ring (bicyclic) bond motifs is 1. The third-order valence-corrected chi connectivity index (χ3v) is 4.35. The van der Waals surface area contributed by atoms with Crippen molar-refractivity contribution in [3.05, 3.63) is 75.2 Å². The quantitative estimate of drug-likeness (QED) is 0.448. The molecule has 0 spiro atoms. The zero-order chi connectivity index (χ0) is 19.0. The van der Waals surface area contributed by atoms with E-state index in [4.69, 9.17) is 11.1 Å². The molecule has 148 valence electrons. The molecule has 0 saturated carbocycles. The van der Waals surface area contributed by atoms with Crippen molar-refractivity contribution >= 4 is 35.0 Å². The maximum atomic E-state index is 13.1. The van der Waals surface area contributed by atoms with Crippen LogP contribution in [0.5, 0.6) is 0 Å². The van der Waals surface area contributed by atoms with Crippen molar-refractivity contribution in [2.24, 2.45) is 5.73 Å². The predicted molar refractivity (Wildman–Crippen MR) is 114 cm³/mol. The number of hydrogen-bond donors (Lipinski definition) is 3. The first-order chi connectivity index (χ1) is 12.3. The van der Waals surface area contributed by atoms with Gasteiger partial charge in [-0.05, 0) is 38.0 Å². The van der Waals surface area contributed by atoms with Gasteiger partial charge in [-0.1, -0.05) is 35.9 Å². The smallest absolute Gasteiger partial charge is 0.263 e. The molecule has 7 nitrogen and oxygen atoms in total. The van der Waals surface area contributed by atoms with Crippen LogP contribution in [-0.2, 0) is 0 Å². The summed E-state index contributed by atoms with van der Waals surface area (Å²) in [6.07, 6.45) is 1.53. The fraction of sp³-hybridized carbons (Fsp3) is 0.150. The molecule has 3 aromatic rings. The number of nitrogens with two attached hydrogens (primary N) is 1. The number of guanidine groups is 1. The average molecular weight is 403 g/mol. The number of rotatable bonds is 2. The molecular formula is C20H23ClN4O3. The lowest BCUT2D eigenvalue weighted by Crippen LogP contribution is -2.36. The van der Waals surface area contributed by atoms with Gasteiger partial charge in [-0.3, -0.25) is 24.9 Å². The Kier molecular flexibility index (Phi) is 7.10. The Bertz CT molecular complexity index is 1100. The minimum absolute atomic E-state index is 0. The van der Waals surface area contributed by atoms with Gasteiger partial charge < -0.3 is 11.2 Å². The molecule has 6 N–H and O–H groups in total. The monoisotopic (exact) mass is 402 g/mol. The van der Waals surface area contributed by atoms with E-state index in [1.54, 1.807) is 12.1 Å². The van der Waals surface area contributed by atoms with Gasteiger partial charge in [0.15, 0.2) is 5.96 Å². The minimum atomic E-state index is -0.520. The third-order valence-electron chi connectivity index (χ3n) is 4.35. The van der Waals surface area contributed by atoms with Crippen LogP contribution in [0.15, 0.2) is 47.4 Å². The fourth-order valence-electron chi connectivity index (χ4n) is 3.18. The zero-order valence-corrected chi connectivity index (χ0v) is 16.6. The molecule has 1 amide bonds. The Morgan fingerprint density at radius 1 is 1.07 bits per heavy atom. The number of para-hydroxylation sites is 1. The van der Waals surface area contributed by atoms with Crippen molar-refractivity contribution in [2.75, 3.05) is 0 Å². The van der Waals surface area contributed by atoms with E-state index in [-0.39, 0.29) is 23.4 Å².